The van der Waals surface area contributed by atoms with Gasteiger partial charge in [-0.1, -0.05) is 26.0 Å². The molecule has 1 heterocycles. The molecule has 0 N–H and O–H groups in total. The topological polar surface area (TPSA) is 30.7 Å². The first-order valence-electron chi connectivity index (χ1n) is 7.25. The first kappa shape index (κ1) is 16.0. The van der Waals surface area contributed by atoms with Gasteiger partial charge >= 0.3 is 0 Å². The molecule has 1 atom stereocenters. The Labute approximate surface area is 130 Å². The Balaban J connectivity index is 2.04. The summed E-state index contributed by atoms with van der Waals surface area (Å²) in [4.78, 5) is 4.34. The Kier molecular flexibility index (Phi) is 5.74. The van der Waals surface area contributed by atoms with E-state index in [1.54, 1.807) is 18.5 Å². The van der Waals surface area contributed by atoms with Gasteiger partial charge in [0.05, 0.1) is 0 Å². The fourth-order valence-corrected chi connectivity index (χ4v) is 2.60. The molecule has 3 nitrogen and oxygen atoms in total. The molecule has 0 aliphatic heterocycles. The summed E-state index contributed by atoms with van der Waals surface area (Å²) >= 11 is 6.08. The van der Waals surface area contributed by atoms with Crippen molar-refractivity contribution in [2.75, 3.05) is 5.88 Å². The predicted octanol–water partition coefficient (Wildman–Crippen LogP) is 3.71. The molecule has 0 radical (unpaired) electrons. The lowest BCUT2D eigenvalue weighted by atomic mass is 9.97. The van der Waals surface area contributed by atoms with Gasteiger partial charge in [0.2, 0.25) is 0 Å². The maximum absolute atomic E-state index is 13.2. The first-order chi connectivity index (χ1) is 10.1. The molecule has 0 aliphatic rings. The molecule has 5 heteroatoms. The van der Waals surface area contributed by atoms with Gasteiger partial charge in [-0.15, -0.1) is 11.6 Å². The second kappa shape index (κ2) is 7.55. The van der Waals surface area contributed by atoms with E-state index in [-0.39, 0.29) is 11.7 Å². The van der Waals surface area contributed by atoms with Crippen molar-refractivity contribution in [2.24, 2.45) is 11.8 Å². The highest BCUT2D eigenvalue weighted by Crippen LogP contribution is 2.16. The molecule has 0 amide bonds. The highest BCUT2D eigenvalue weighted by Gasteiger charge is 2.15. The summed E-state index contributed by atoms with van der Waals surface area (Å²) in [6.07, 6.45) is 3.09. The van der Waals surface area contributed by atoms with Gasteiger partial charge in [0, 0.05) is 18.8 Å². The van der Waals surface area contributed by atoms with Crippen LogP contribution in [0.2, 0.25) is 0 Å². The Morgan fingerprint density at radius 1 is 1.29 bits per heavy atom. The Hall–Kier alpha value is -1.42. The minimum Gasteiger partial charge on any atom is -0.250 e. The Morgan fingerprint density at radius 2 is 2.10 bits per heavy atom. The van der Waals surface area contributed by atoms with Crippen LogP contribution in [0.5, 0.6) is 0 Å². The lowest BCUT2D eigenvalue weighted by Crippen LogP contribution is -2.16. The lowest BCUT2D eigenvalue weighted by Gasteiger charge is -2.15. The van der Waals surface area contributed by atoms with E-state index in [4.69, 9.17) is 11.6 Å². The van der Waals surface area contributed by atoms with E-state index in [0.29, 0.717) is 11.8 Å². The molecule has 1 unspecified atom stereocenters. The van der Waals surface area contributed by atoms with Crippen LogP contribution in [0.25, 0.3) is 0 Å². The van der Waals surface area contributed by atoms with Crippen molar-refractivity contribution in [3.05, 3.63) is 47.8 Å². The molecule has 0 fully saturated rings. The van der Waals surface area contributed by atoms with Gasteiger partial charge in [-0.25, -0.2) is 14.1 Å². The average Bonchev–Trinajstić information content (AvgIpc) is 2.84. The number of rotatable bonds is 7. The molecule has 0 saturated heterocycles. The summed E-state index contributed by atoms with van der Waals surface area (Å²) in [7, 11) is 0. The predicted molar refractivity (Wildman–Crippen MR) is 82.9 cm³/mol. The molecular formula is C16H21ClFN3. The van der Waals surface area contributed by atoms with Crippen molar-refractivity contribution >= 4 is 11.6 Å². The maximum atomic E-state index is 13.2. The van der Waals surface area contributed by atoms with Gasteiger partial charge in [-0.05, 0) is 36.0 Å². The minimum absolute atomic E-state index is 0.205. The molecule has 21 heavy (non-hydrogen) atoms. The summed E-state index contributed by atoms with van der Waals surface area (Å²) in [6.45, 7) is 5.15. The second-order valence-corrected chi connectivity index (χ2v) is 6.12. The van der Waals surface area contributed by atoms with E-state index in [9.17, 15) is 4.39 Å². The number of hydrogen-bond donors (Lipinski definition) is 0. The minimum atomic E-state index is -0.205. The molecular weight excluding hydrogens is 289 g/mol. The standard InChI is InChI=1S/C16H21ClFN3/c1-12(2)10-21-16(19-11-20-21)8-14(9-17)6-13-4-3-5-15(18)7-13/h3-5,7,11-12,14H,6,8-10H2,1-2H3. The number of hydrogen-bond acceptors (Lipinski definition) is 2. The Morgan fingerprint density at radius 3 is 2.76 bits per heavy atom. The SMILES string of the molecule is CC(C)Cn1ncnc1CC(CCl)Cc1cccc(F)c1. The molecule has 0 bridgehead atoms. The molecule has 114 valence electrons. The number of benzene rings is 1. The van der Waals surface area contributed by atoms with Crippen LogP contribution in [0.3, 0.4) is 0 Å². The second-order valence-electron chi connectivity index (χ2n) is 5.81. The van der Waals surface area contributed by atoms with Crippen molar-refractivity contribution in [3.63, 3.8) is 0 Å². The molecule has 1 aromatic heterocycles. The van der Waals surface area contributed by atoms with E-state index in [2.05, 4.69) is 23.9 Å². The van der Waals surface area contributed by atoms with E-state index >= 15 is 0 Å². The van der Waals surface area contributed by atoms with Crippen molar-refractivity contribution in [3.8, 4) is 0 Å². The zero-order valence-electron chi connectivity index (χ0n) is 12.5. The summed E-state index contributed by atoms with van der Waals surface area (Å²) in [5, 5.41) is 4.27. The molecule has 2 aromatic rings. The van der Waals surface area contributed by atoms with Gasteiger partial charge in [-0.2, -0.15) is 5.10 Å². The summed E-state index contributed by atoms with van der Waals surface area (Å²) in [6, 6.07) is 6.69. The number of halogens is 2. The van der Waals surface area contributed by atoms with Crippen LogP contribution in [0.4, 0.5) is 4.39 Å². The fourth-order valence-electron chi connectivity index (χ4n) is 2.38. The molecule has 2 rings (SSSR count). The monoisotopic (exact) mass is 309 g/mol. The van der Waals surface area contributed by atoms with Crippen LogP contribution in [-0.2, 0) is 19.4 Å². The normalized spacial score (nSPS) is 12.8. The van der Waals surface area contributed by atoms with Crippen LogP contribution < -0.4 is 0 Å². The van der Waals surface area contributed by atoms with Crippen molar-refractivity contribution in [1.29, 1.82) is 0 Å². The van der Waals surface area contributed by atoms with Crippen LogP contribution in [-0.4, -0.2) is 20.6 Å². The zero-order chi connectivity index (χ0) is 15.2. The third kappa shape index (κ3) is 4.81. The van der Waals surface area contributed by atoms with Gasteiger partial charge in [0.1, 0.15) is 18.0 Å². The van der Waals surface area contributed by atoms with Crippen LogP contribution >= 0.6 is 11.6 Å². The lowest BCUT2D eigenvalue weighted by molar-refractivity contribution is 0.447. The smallest absolute Gasteiger partial charge is 0.138 e. The highest BCUT2D eigenvalue weighted by molar-refractivity contribution is 6.18. The summed E-state index contributed by atoms with van der Waals surface area (Å²) < 4.78 is 15.2. The maximum Gasteiger partial charge on any atom is 0.138 e. The zero-order valence-corrected chi connectivity index (χ0v) is 13.2. The van der Waals surface area contributed by atoms with Crippen molar-refractivity contribution < 1.29 is 4.39 Å². The highest BCUT2D eigenvalue weighted by atomic mass is 35.5. The molecule has 1 aromatic carbocycles. The van der Waals surface area contributed by atoms with Crippen molar-refractivity contribution in [1.82, 2.24) is 14.8 Å². The molecule has 0 aliphatic carbocycles. The Bertz CT molecular complexity index is 568. The van der Waals surface area contributed by atoms with Crippen LogP contribution in [0.1, 0.15) is 25.2 Å². The quantitative estimate of drug-likeness (QED) is 0.730. The van der Waals surface area contributed by atoms with Crippen LogP contribution in [0, 0.1) is 17.7 Å². The van der Waals surface area contributed by atoms with E-state index in [1.807, 2.05) is 10.7 Å². The van der Waals surface area contributed by atoms with E-state index < -0.39 is 0 Å². The number of alkyl halides is 1. The van der Waals surface area contributed by atoms with E-state index in [1.165, 1.54) is 6.07 Å². The third-order valence-electron chi connectivity index (χ3n) is 3.34. The van der Waals surface area contributed by atoms with Gasteiger partial charge in [-0.3, -0.25) is 0 Å². The summed E-state index contributed by atoms with van der Waals surface area (Å²) in [5.41, 5.74) is 0.968. The molecule has 0 spiro atoms. The third-order valence-corrected chi connectivity index (χ3v) is 3.77. The molecule has 0 saturated carbocycles. The fraction of sp³-hybridized carbons (Fsp3) is 0.500. The van der Waals surface area contributed by atoms with Crippen LogP contribution in [0.15, 0.2) is 30.6 Å². The largest absolute Gasteiger partial charge is 0.250 e. The van der Waals surface area contributed by atoms with E-state index in [0.717, 1.165) is 30.8 Å². The van der Waals surface area contributed by atoms with Crippen molar-refractivity contribution in [2.45, 2.75) is 33.2 Å². The summed E-state index contributed by atoms with van der Waals surface area (Å²) in [5.74, 6) is 2.01. The first-order valence-corrected chi connectivity index (χ1v) is 7.79. The number of nitrogens with zero attached hydrogens (tertiary/aromatic N) is 3. The van der Waals surface area contributed by atoms with Gasteiger partial charge in [0.15, 0.2) is 0 Å². The van der Waals surface area contributed by atoms with Gasteiger partial charge in [0.25, 0.3) is 0 Å². The van der Waals surface area contributed by atoms with Gasteiger partial charge < -0.3 is 0 Å². The average molecular weight is 310 g/mol. The number of aromatic nitrogens is 3.